The minimum atomic E-state index is -0.0985. The summed E-state index contributed by atoms with van der Waals surface area (Å²) in [5.41, 5.74) is 0.953. The van der Waals surface area contributed by atoms with Gasteiger partial charge in [-0.2, -0.15) is 0 Å². The van der Waals surface area contributed by atoms with Gasteiger partial charge in [-0.1, -0.05) is 36.4 Å². The summed E-state index contributed by atoms with van der Waals surface area (Å²) in [4.78, 5) is 29.4. The second kappa shape index (κ2) is 7.09. The Bertz CT molecular complexity index is 1150. The quantitative estimate of drug-likeness (QED) is 0.592. The van der Waals surface area contributed by atoms with Crippen LogP contribution in [0, 0.1) is 0 Å². The first-order valence-electron chi connectivity index (χ1n) is 8.38. The number of benzene rings is 2. The summed E-state index contributed by atoms with van der Waals surface area (Å²) < 4.78 is 1.49. The molecule has 0 bridgehead atoms. The molecule has 2 aromatic carbocycles. The number of nitrogens with zero attached hydrogens (tertiary/aromatic N) is 2. The van der Waals surface area contributed by atoms with Crippen molar-refractivity contribution in [3.63, 3.8) is 0 Å². The highest BCUT2D eigenvalue weighted by Crippen LogP contribution is 2.15. The van der Waals surface area contributed by atoms with Crippen LogP contribution < -0.4 is 10.9 Å². The molecule has 4 rings (SSSR count). The summed E-state index contributed by atoms with van der Waals surface area (Å²) in [5.74, 6) is -0.0875. The number of carbonyl (C=O) groups is 1. The van der Waals surface area contributed by atoms with Crippen molar-refractivity contribution < 1.29 is 4.79 Å². The zero-order chi connectivity index (χ0) is 17.9. The highest BCUT2D eigenvalue weighted by atomic mass is 32.1. The summed E-state index contributed by atoms with van der Waals surface area (Å²) in [7, 11) is 0. The molecule has 4 aromatic rings. The molecule has 0 fully saturated rings. The Labute approximate surface area is 153 Å². The Morgan fingerprint density at radius 3 is 2.85 bits per heavy atom. The van der Waals surface area contributed by atoms with Gasteiger partial charge in [-0.3, -0.25) is 14.2 Å². The molecule has 0 aliphatic rings. The van der Waals surface area contributed by atoms with E-state index in [4.69, 9.17) is 0 Å². The zero-order valence-electron chi connectivity index (χ0n) is 14.0. The van der Waals surface area contributed by atoms with E-state index < -0.39 is 0 Å². The third-order valence-corrected chi connectivity index (χ3v) is 5.15. The average Bonchev–Trinajstić information content (AvgIpc) is 3.15. The maximum atomic E-state index is 12.3. The van der Waals surface area contributed by atoms with Gasteiger partial charge < -0.3 is 5.32 Å². The van der Waals surface area contributed by atoms with E-state index in [1.54, 1.807) is 6.07 Å². The molecule has 0 saturated heterocycles. The van der Waals surface area contributed by atoms with Gasteiger partial charge in [0, 0.05) is 19.5 Å². The van der Waals surface area contributed by atoms with Crippen LogP contribution in [0.2, 0.25) is 0 Å². The van der Waals surface area contributed by atoms with Gasteiger partial charge in [0.1, 0.15) is 4.83 Å². The first-order chi connectivity index (χ1) is 12.7. The Morgan fingerprint density at radius 1 is 1.12 bits per heavy atom. The van der Waals surface area contributed by atoms with E-state index in [1.807, 2.05) is 23.6 Å². The molecule has 1 N–H and O–H groups in total. The third-order valence-electron chi connectivity index (χ3n) is 4.33. The van der Waals surface area contributed by atoms with E-state index in [0.29, 0.717) is 18.5 Å². The second-order valence-corrected chi connectivity index (χ2v) is 6.99. The number of carbonyl (C=O) groups excluding carboxylic acids is 1. The van der Waals surface area contributed by atoms with E-state index in [1.165, 1.54) is 27.6 Å². The van der Waals surface area contributed by atoms with Crippen molar-refractivity contribution in [2.45, 2.75) is 19.5 Å². The molecule has 1 amide bonds. The predicted octanol–water partition coefficient (Wildman–Crippen LogP) is 3.32. The van der Waals surface area contributed by atoms with Crippen LogP contribution in [0.3, 0.4) is 0 Å². The number of aromatic nitrogens is 2. The molecule has 6 heteroatoms. The molecule has 26 heavy (non-hydrogen) atoms. The topological polar surface area (TPSA) is 64.0 Å². The molecule has 2 heterocycles. The van der Waals surface area contributed by atoms with Crippen molar-refractivity contribution in [3.05, 3.63) is 76.2 Å². The van der Waals surface area contributed by atoms with Crippen molar-refractivity contribution >= 4 is 38.2 Å². The normalized spacial score (nSPS) is 11.1. The number of nitrogens with one attached hydrogen (secondary N) is 1. The minimum Gasteiger partial charge on any atom is -0.352 e. The van der Waals surface area contributed by atoms with E-state index in [0.717, 1.165) is 15.8 Å². The summed E-state index contributed by atoms with van der Waals surface area (Å²) in [5, 5.41) is 7.70. The summed E-state index contributed by atoms with van der Waals surface area (Å²) in [6.45, 7) is 0.793. The molecule has 0 unspecified atom stereocenters. The van der Waals surface area contributed by atoms with Crippen LogP contribution in [0.1, 0.15) is 12.0 Å². The second-order valence-electron chi connectivity index (χ2n) is 6.09. The predicted molar refractivity (Wildman–Crippen MR) is 104 cm³/mol. The van der Waals surface area contributed by atoms with E-state index in [-0.39, 0.29) is 17.9 Å². The minimum absolute atomic E-state index is 0.0875. The van der Waals surface area contributed by atoms with Crippen molar-refractivity contribution in [2.75, 3.05) is 0 Å². The fourth-order valence-corrected chi connectivity index (χ4v) is 3.64. The van der Waals surface area contributed by atoms with Gasteiger partial charge in [-0.15, -0.1) is 11.3 Å². The van der Waals surface area contributed by atoms with Crippen molar-refractivity contribution in [3.8, 4) is 0 Å². The van der Waals surface area contributed by atoms with E-state index in [2.05, 4.69) is 34.6 Å². The van der Waals surface area contributed by atoms with Gasteiger partial charge in [-0.05, 0) is 33.8 Å². The number of amides is 1. The lowest BCUT2D eigenvalue weighted by molar-refractivity contribution is -0.121. The number of thiophene rings is 1. The lowest BCUT2D eigenvalue weighted by Crippen LogP contribution is -2.27. The summed E-state index contributed by atoms with van der Waals surface area (Å²) in [6.07, 6.45) is 1.75. The Balaban J connectivity index is 1.37. The molecule has 0 atom stereocenters. The third kappa shape index (κ3) is 3.36. The van der Waals surface area contributed by atoms with Crippen LogP contribution in [-0.4, -0.2) is 15.5 Å². The average molecular weight is 363 g/mol. The SMILES string of the molecule is O=C(CCn1cnc2sccc2c1=O)NCc1ccc2ccccc2c1. The largest absolute Gasteiger partial charge is 0.352 e. The molecular formula is C20H17N3O2S. The molecule has 0 saturated carbocycles. The number of rotatable bonds is 5. The van der Waals surface area contributed by atoms with Crippen LogP contribution in [0.25, 0.3) is 21.0 Å². The number of fused-ring (bicyclic) bond motifs is 2. The molecule has 130 valence electrons. The van der Waals surface area contributed by atoms with Crippen LogP contribution in [0.4, 0.5) is 0 Å². The first-order valence-corrected chi connectivity index (χ1v) is 9.26. The monoisotopic (exact) mass is 363 g/mol. The lowest BCUT2D eigenvalue weighted by atomic mass is 10.1. The molecular weight excluding hydrogens is 346 g/mol. The zero-order valence-corrected chi connectivity index (χ0v) is 14.8. The summed E-state index contributed by atoms with van der Waals surface area (Å²) in [6, 6.07) is 16.0. The first kappa shape index (κ1) is 16.5. The standard InChI is InChI=1S/C20H17N3O2S/c24-18(7-9-23-13-22-19-17(20(23)25)8-10-26-19)21-12-14-5-6-15-3-1-2-4-16(15)11-14/h1-6,8,10-11,13H,7,9,12H2,(H,21,24). The fourth-order valence-electron chi connectivity index (χ4n) is 2.91. The van der Waals surface area contributed by atoms with Crippen molar-refractivity contribution in [1.82, 2.24) is 14.9 Å². The van der Waals surface area contributed by atoms with Gasteiger partial charge in [-0.25, -0.2) is 4.98 Å². The summed E-state index contributed by atoms with van der Waals surface area (Å²) >= 11 is 1.44. The van der Waals surface area contributed by atoms with Gasteiger partial charge in [0.25, 0.3) is 5.56 Å². The Kier molecular flexibility index (Phi) is 4.50. The molecule has 2 aromatic heterocycles. The lowest BCUT2D eigenvalue weighted by Gasteiger charge is -2.08. The Morgan fingerprint density at radius 2 is 1.96 bits per heavy atom. The van der Waals surface area contributed by atoms with Crippen LogP contribution >= 0.6 is 11.3 Å². The van der Waals surface area contributed by atoms with Crippen molar-refractivity contribution in [2.24, 2.45) is 0 Å². The van der Waals surface area contributed by atoms with Gasteiger partial charge >= 0.3 is 0 Å². The fraction of sp³-hybridized carbons (Fsp3) is 0.150. The highest BCUT2D eigenvalue weighted by Gasteiger charge is 2.07. The van der Waals surface area contributed by atoms with Crippen molar-refractivity contribution in [1.29, 1.82) is 0 Å². The number of hydrogen-bond donors (Lipinski definition) is 1. The molecule has 5 nitrogen and oxygen atoms in total. The maximum Gasteiger partial charge on any atom is 0.262 e. The van der Waals surface area contributed by atoms with E-state index >= 15 is 0 Å². The Hall–Kier alpha value is -2.99. The van der Waals surface area contributed by atoms with Gasteiger partial charge in [0.2, 0.25) is 5.91 Å². The molecule has 0 radical (unpaired) electrons. The highest BCUT2D eigenvalue weighted by molar-refractivity contribution is 7.16. The van der Waals surface area contributed by atoms with Gasteiger partial charge in [0.05, 0.1) is 11.7 Å². The van der Waals surface area contributed by atoms with Crippen LogP contribution in [0.15, 0.2) is 65.0 Å². The van der Waals surface area contributed by atoms with Crippen LogP contribution in [0.5, 0.6) is 0 Å². The molecule has 0 spiro atoms. The smallest absolute Gasteiger partial charge is 0.262 e. The number of hydrogen-bond acceptors (Lipinski definition) is 4. The van der Waals surface area contributed by atoms with E-state index in [9.17, 15) is 9.59 Å². The number of aryl methyl sites for hydroxylation is 1. The van der Waals surface area contributed by atoms with Crippen LogP contribution in [-0.2, 0) is 17.9 Å². The molecule has 0 aliphatic heterocycles. The van der Waals surface area contributed by atoms with Gasteiger partial charge in [0.15, 0.2) is 0 Å². The molecule has 0 aliphatic carbocycles. The maximum absolute atomic E-state index is 12.3.